The first-order valence-electron chi connectivity index (χ1n) is 13.8. The summed E-state index contributed by atoms with van der Waals surface area (Å²) < 4.78 is 35.8. The number of likely N-dealkylation sites (tertiary alicyclic amines) is 2. The summed E-state index contributed by atoms with van der Waals surface area (Å²) in [4.78, 5) is 38.4. The van der Waals surface area contributed by atoms with Crippen molar-refractivity contribution in [3.05, 3.63) is 63.0 Å². The van der Waals surface area contributed by atoms with Gasteiger partial charge >= 0.3 is 11.9 Å². The van der Waals surface area contributed by atoms with Gasteiger partial charge in [-0.1, -0.05) is 12.1 Å². The number of esters is 1. The number of thiazole rings is 1. The summed E-state index contributed by atoms with van der Waals surface area (Å²) in [7, 11) is 0. The van der Waals surface area contributed by atoms with Crippen molar-refractivity contribution in [3.63, 3.8) is 0 Å². The Hall–Kier alpha value is -3.22. The highest BCUT2D eigenvalue weighted by Gasteiger charge is 2.51. The van der Waals surface area contributed by atoms with Crippen molar-refractivity contribution in [1.82, 2.24) is 20.1 Å². The molecule has 3 unspecified atom stereocenters. The number of aliphatic imine (C=N–C) groups is 1. The third kappa shape index (κ3) is 5.64. The molecular formula is C29H35F2N5O4S. The fourth-order valence-corrected chi connectivity index (χ4v) is 6.69. The second-order valence-corrected chi connectivity index (χ2v) is 12.3. The van der Waals surface area contributed by atoms with Crippen molar-refractivity contribution >= 4 is 29.1 Å². The van der Waals surface area contributed by atoms with Gasteiger partial charge < -0.3 is 15.2 Å². The molecular weight excluding hydrogens is 552 g/mol. The predicted molar refractivity (Wildman–Crippen MR) is 151 cm³/mol. The lowest BCUT2D eigenvalue weighted by atomic mass is 9.92. The molecule has 220 valence electrons. The minimum absolute atomic E-state index is 0.133. The summed E-state index contributed by atoms with van der Waals surface area (Å²) in [6.07, 6.45) is 1.14. The quantitative estimate of drug-likeness (QED) is 0.428. The zero-order valence-electron chi connectivity index (χ0n) is 23.6. The van der Waals surface area contributed by atoms with Crippen molar-refractivity contribution in [3.8, 4) is 0 Å². The van der Waals surface area contributed by atoms with Crippen LogP contribution < -0.4 is 5.32 Å². The van der Waals surface area contributed by atoms with Gasteiger partial charge in [0, 0.05) is 49.5 Å². The Morgan fingerprint density at radius 3 is 2.76 bits per heavy atom. The van der Waals surface area contributed by atoms with Gasteiger partial charge in [0.05, 0.1) is 23.6 Å². The highest BCUT2D eigenvalue weighted by molar-refractivity contribution is 7.11. The number of halogens is 2. The maximum atomic E-state index is 15.6. The SMILES string of the molecule is CCOC(=O)C1=C(CN2CC(F)C3C2CCN3CC(C)(C)C(=O)O)NC(c2nccs2)=N[C@H]1c1cccc(F)c1C. The summed E-state index contributed by atoms with van der Waals surface area (Å²) >= 11 is 1.38. The topological polar surface area (TPSA) is 107 Å². The number of rotatable bonds is 9. The number of nitrogens with zero attached hydrogens (tertiary/aromatic N) is 4. The summed E-state index contributed by atoms with van der Waals surface area (Å²) in [5.41, 5.74) is 0.657. The smallest absolute Gasteiger partial charge is 0.338 e. The molecule has 4 heterocycles. The van der Waals surface area contributed by atoms with E-state index in [-0.39, 0.29) is 37.9 Å². The van der Waals surface area contributed by atoms with Crippen molar-refractivity contribution < 1.29 is 28.2 Å². The van der Waals surface area contributed by atoms with Gasteiger partial charge in [-0.05, 0) is 51.3 Å². The van der Waals surface area contributed by atoms with E-state index in [1.807, 2.05) is 15.2 Å². The van der Waals surface area contributed by atoms with E-state index in [0.29, 0.717) is 40.6 Å². The molecule has 0 amide bonds. The molecule has 1 aromatic carbocycles. The van der Waals surface area contributed by atoms with Crippen LogP contribution >= 0.6 is 11.3 Å². The molecule has 12 heteroatoms. The molecule has 2 aromatic rings. The molecule has 0 bridgehead atoms. The zero-order valence-corrected chi connectivity index (χ0v) is 24.4. The second-order valence-electron chi connectivity index (χ2n) is 11.4. The van der Waals surface area contributed by atoms with Crippen molar-refractivity contribution in [2.45, 2.75) is 58.4 Å². The highest BCUT2D eigenvalue weighted by Crippen LogP contribution is 2.39. The van der Waals surface area contributed by atoms with Crippen molar-refractivity contribution in [1.29, 1.82) is 0 Å². The Kier molecular flexibility index (Phi) is 8.27. The van der Waals surface area contributed by atoms with Gasteiger partial charge in [-0.15, -0.1) is 11.3 Å². The van der Waals surface area contributed by atoms with E-state index >= 15 is 4.39 Å². The maximum absolute atomic E-state index is 15.6. The van der Waals surface area contributed by atoms with Gasteiger partial charge in [0.1, 0.15) is 18.0 Å². The molecule has 5 rings (SSSR count). The number of carbonyl (C=O) groups is 2. The number of hydrogen-bond donors (Lipinski definition) is 2. The molecule has 41 heavy (non-hydrogen) atoms. The van der Waals surface area contributed by atoms with Crippen LogP contribution in [0.15, 0.2) is 46.0 Å². The fraction of sp³-hybridized carbons (Fsp3) is 0.517. The molecule has 0 spiro atoms. The fourth-order valence-electron chi connectivity index (χ4n) is 6.11. The third-order valence-corrected chi connectivity index (χ3v) is 8.96. The number of aliphatic carboxylic acids is 1. The van der Waals surface area contributed by atoms with E-state index in [4.69, 9.17) is 9.73 Å². The van der Waals surface area contributed by atoms with Crippen LogP contribution in [0.25, 0.3) is 0 Å². The average Bonchev–Trinajstić information content (AvgIpc) is 3.66. The number of alkyl halides is 1. The van der Waals surface area contributed by atoms with Gasteiger partial charge in [-0.25, -0.2) is 18.6 Å². The lowest BCUT2D eigenvalue weighted by Gasteiger charge is -2.32. The normalized spacial score (nSPS) is 25.2. The summed E-state index contributed by atoms with van der Waals surface area (Å²) in [6, 6.07) is 3.24. The molecule has 2 fully saturated rings. The first-order valence-corrected chi connectivity index (χ1v) is 14.6. The van der Waals surface area contributed by atoms with Gasteiger partial charge in [0.15, 0.2) is 10.8 Å². The van der Waals surface area contributed by atoms with Crippen LogP contribution in [0.1, 0.15) is 49.4 Å². The molecule has 4 atom stereocenters. The lowest BCUT2D eigenvalue weighted by Crippen LogP contribution is -2.46. The van der Waals surface area contributed by atoms with E-state index in [1.165, 1.54) is 17.4 Å². The Balaban J connectivity index is 1.52. The molecule has 2 N–H and O–H groups in total. The number of fused-ring (bicyclic) bond motifs is 1. The molecule has 1 aromatic heterocycles. The number of hydrogen-bond acceptors (Lipinski definition) is 9. The molecule has 0 aliphatic carbocycles. The van der Waals surface area contributed by atoms with Crippen molar-refractivity contribution in [2.24, 2.45) is 10.4 Å². The van der Waals surface area contributed by atoms with Crippen molar-refractivity contribution in [2.75, 3.05) is 32.8 Å². The summed E-state index contributed by atoms with van der Waals surface area (Å²) in [6.45, 7) is 7.98. The number of aromatic nitrogens is 1. The Morgan fingerprint density at radius 2 is 2.07 bits per heavy atom. The Bertz CT molecular complexity index is 1380. The molecule has 3 aliphatic heterocycles. The number of carbonyl (C=O) groups excluding carboxylic acids is 1. The molecule has 0 radical (unpaired) electrons. The Morgan fingerprint density at radius 1 is 1.29 bits per heavy atom. The lowest BCUT2D eigenvalue weighted by molar-refractivity contribution is -0.148. The number of amidine groups is 1. The van der Waals surface area contributed by atoms with Gasteiger partial charge in [0.2, 0.25) is 0 Å². The number of carboxylic acid groups (broad SMARTS) is 1. The molecule has 3 aliphatic rings. The Labute approximate surface area is 241 Å². The van der Waals surface area contributed by atoms with Crippen LogP contribution in [-0.4, -0.2) is 88.7 Å². The van der Waals surface area contributed by atoms with E-state index in [2.05, 4.69) is 10.3 Å². The van der Waals surface area contributed by atoms with Crippen LogP contribution in [0.2, 0.25) is 0 Å². The first-order chi connectivity index (χ1) is 19.5. The van der Waals surface area contributed by atoms with E-state index in [0.717, 1.165) is 0 Å². The van der Waals surface area contributed by atoms with Crippen LogP contribution in [0.4, 0.5) is 8.78 Å². The largest absolute Gasteiger partial charge is 0.481 e. The second kappa shape index (κ2) is 11.6. The number of carboxylic acids is 1. The van der Waals surface area contributed by atoms with Crippen LogP contribution in [-0.2, 0) is 14.3 Å². The number of ether oxygens (including phenoxy) is 1. The minimum atomic E-state index is -1.18. The van der Waals surface area contributed by atoms with E-state index in [9.17, 15) is 19.1 Å². The van der Waals surface area contributed by atoms with Gasteiger partial charge in [-0.3, -0.25) is 19.6 Å². The zero-order chi connectivity index (χ0) is 29.5. The number of benzene rings is 1. The average molecular weight is 588 g/mol. The minimum Gasteiger partial charge on any atom is -0.481 e. The van der Waals surface area contributed by atoms with Gasteiger partial charge in [0.25, 0.3) is 0 Å². The first kappa shape index (κ1) is 29.3. The molecule has 2 saturated heterocycles. The summed E-state index contributed by atoms with van der Waals surface area (Å²) in [5, 5.41) is 15.3. The molecule has 9 nitrogen and oxygen atoms in total. The summed E-state index contributed by atoms with van der Waals surface area (Å²) in [5.74, 6) is -1.46. The standard InChI is InChI=1S/C29H35F2N5O4S/c1-5-40-27(37)22-20(14-36-13-19(31)24-21(36)9-11-35(24)15-29(3,4)28(38)39)33-25(26-32-10-12-41-26)34-23(22)17-7-6-8-18(30)16(17)2/h6-8,10,12,19,21,23-24H,5,9,11,13-15H2,1-4H3,(H,33,34)(H,38,39)/t19?,21?,23-,24?/m0/s1. The van der Waals surface area contributed by atoms with Gasteiger partial charge in [-0.2, -0.15) is 0 Å². The van der Waals surface area contributed by atoms with E-state index < -0.39 is 41.4 Å². The highest BCUT2D eigenvalue weighted by atomic mass is 32.1. The van der Waals surface area contributed by atoms with E-state index in [1.54, 1.807) is 46.0 Å². The van der Waals surface area contributed by atoms with Crippen LogP contribution in [0.5, 0.6) is 0 Å². The van der Waals surface area contributed by atoms with Crippen LogP contribution in [0.3, 0.4) is 0 Å². The number of nitrogens with one attached hydrogen (secondary N) is 1. The van der Waals surface area contributed by atoms with Crippen LogP contribution in [0, 0.1) is 18.2 Å². The maximum Gasteiger partial charge on any atom is 0.338 e. The monoisotopic (exact) mass is 587 g/mol. The predicted octanol–water partition coefficient (Wildman–Crippen LogP) is 3.71. The third-order valence-electron chi connectivity index (χ3n) is 8.18. The molecule has 0 saturated carbocycles.